The summed E-state index contributed by atoms with van der Waals surface area (Å²) < 4.78 is 59.4. The summed E-state index contributed by atoms with van der Waals surface area (Å²) in [6.45, 7) is 0.591. The quantitative estimate of drug-likeness (QED) is 0.742. The lowest BCUT2D eigenvalue weighted by Gasteiger charge is -2.16. The van der Waals surface area contributed by atoms with Gasteiger partial charge in [0.05, 0.1) is 5.75 Å². The molecule has 0 aliphatic heterocycles. The normalized spacial score (nSPS) is 13.4. The number of nitrogens with two attached hydrogens (primary N) is 1. The first kappa shape index (κ1) is 15.7. The summed E-state index contributed by atoms with van der Waals surface area (Å²) >= 11 is 0. The molecule has 0 saturated heterocycles. The van der Waals surface area contributed by atoms with E-state index in [1.54, 1.807) is 0 Å². The molecule has 0 aliphatic rings. The average Bonchev–Trinajstić information content (AvgIpc) is 2.11. The fourth-order valence-electron chi connectivity index (χ4n) is 1.06. The Bertz CT molecular complexity index is 290. The summed E-state index contributed by atoms with van der Waals surface area (Å²) in [5.74, 6) is -0.479. The molecule has 8 heteroatoms. The highest BCUT2D eigenvalue weighted by atomic mass is 32.2. The number of sulfonamides is 1. The van der Waals surface area contributed by atoms with E-state index in [0.29, 0.717) is 13.0 Å². The van der Waals surface area contributed by atoms with E-state index in [1.807, 2.05) is 0 Å². The van der Waals surface area contributed by atoms with Gasteiger partial charge in [0, 0.05) is 20.0 Å². The van der Waals surface area contributed by atoms with Gasteiger partial charge in [-0.15, -0.1) is 0 Å². The molecule has 0 spiro atoms. The van der Waals surface area contributed by atoms with Crippen LogP contribution in [0.2, 0.25) is 0 Å². The smallest absolute Gasteiger partial charge is 0.330 e. The van der Waals surface area contributed by atoms with Crippen LogP contribution in [-0.2, 0) is 10.0 Å². The molecule has 4 nitrogen and oxygen atoms in total. The van der Waals surface area contributed by atoms with Crippen LogP contribution < -0.4 is 5.73 Å². The average molecular weight is 262 g/mol. The Kier molecular flexibility index (Phi) is 6.27. The van der Waals surface area contributed by atoms with Crippen molar-refractivity contribution in [1.82, 2.24) is 4.31 Å². The highest BCUT2D eigenvalue weighted by Crippen LogP contribution is 2.21. The number of rotatable bonds is 7. The molecule has 0 radical (unpaired) electrons. The van der Waals surface area contributed by atoms with Crippen molar-refractivity contribution >= 4 is 10.0 Å². The first-order valence-corrected chi connectivity index (χ1v) is 6.51. The largest absolute Gasteiger partial charge is 0.389 e. The summed E-state index contributed by atoms with van der Waals surface area (Å²) in [5.41, 5.74) is 5.21. The van der Waals surface area contributed by atoms with Gasteiger partial charge >= 0.3 is 6.18 Å². The molecule has 0 unspecified atom stereocenters. The fraction of sp³-hybridized carbons (Fsp3) is 1.00. The van der Waals surface area contributed by atoms with Crippen LogP contribution in [0.1, 0.15) is 19.3 Å². The predicted molar refractivity (Wildman–Crippen MR) is 55.4 cm³/mol. The van der Waals surface area contributed by atoms with Crippen molar-refractivity contribution in [2.45, 2.75) is 25.4 Å². The maximum absolute atomic E-state index is 11.8. The summed E-state index contributed by atoms with van der Waals surface area (Å²) in [6, 6.07) is 0. The van der Waals surface area contributed by atoms with Gasteiger partial charge in [-0.05, 0) is 19.4 Å². The summed E-state index contributed by atoms with van der Waals surface area (Å²) in [5, 5.41) is 0. The lowest BCUT2D eigenvalue weighted by molar-refractivity contribution is -0.134. The Balaban J connectivity index is 4.05. The van der Waals surface area contributed by atoms with Crippen LogP contribution in [0.15, 0.2) is 0 Å². The molecule has 0 amide bonds. The van der Waals surface area contributed by atoms with Crippen LogP contribution in [0.25, 0.3) is 0 Å². The van der Waals surface area contributed by atoms with E-state index in [0.717, 1.165) is 4.31 Å². The van der Waals surface area contributed by atoms with Gasteiger partial charge in [0.25, 0.3) is 0 Å². The van der Waals surface area contributed by atoms with Gasteiger partial charge in [-0.1, -0.05) is 0 Å². The minimum absolute atomic E-state index is 0.241. The minimum atomic E-state index is -4.30. The molecule has 0 atom stereocenters. The van der Waals surface area contributed by atoms with Crippen LogP contribution in [0, 0.1) is 0 Å². The molecule has 0 aliphatic carbocycles. The number of halogens is 3. The Morgan fingerprint density at radius 3 is 2.25 bits per heavy atom. The minimum Gasteiger partial charge on any atom is -0.330 e. The third-order valence-corrected chi connectivity index (χ3v) is 3.95. The molecule has 0 fully saturated rings. The molecular formula is C8H17F3N2O2S. The Labute approximate surface area is 93.7 Å². The van der Waals surface area contributed by atoms with Crippen molar-refractivity contribution in [2.75, 3.05) is 25.9 Å². The van der Waals surface area contributed by atoms with E-state index in [4.69, 9.17) is 5.73 Å². The predicted octanol–water partition coefficient (Wildman–Crippen LogP) is 0.939. The van der Waals surface area contributed by atoms with E-state index < -0.39 is 34.8 Å². The van der Waals surface area contributed by atoms with Crippen LogP contribution in [0.4, 0.5) is 13.2 Å². The number of hydrogen-bond acceptors (Lipinski definition) is 3. The second-order valence-corrected chi connectivity index (χ2v) is 5.69. The topological polar surface area (TPSA) is 63.4 Å². The third kappa shape index (κ3) is 7.02. The van der Waals surface area contributed by atoms with Gasteiger partial charge in [0.1, 0.15) is 0 Å². The Morgan fingerprint density at radius 2 is 1.81 bits per heavy atom. The van der Waals surface area contributed by atoms with Gasteiger partial charge in [0.2, 0.25) is 10.0 Å². The van der Waals surface area contributed by atoms with Crippen LogP contribution in [0.5, 0.6) is 0 Å². The van der Waals surface area contributed by atoms with E-state index >= 15 is 0 Å². The zero-order valence-corrected chi connectivity index (χ0v) is 9.94. The molecule has 0 aromatic heterocycles. The number of hydrogen-bond donors (Lipinski definition) is 1. The molecule has 0 heterocycles. The van der Waals surface area contributed by atoms with Crippen molar-refractivity contribution in [3.8, 4) is 0 Å². The molecule has 0 aromatic carbocycles. The highest BCUT2D eigenvalue weighted by molar-refractivity contribution is 7.89. The van der Waals surface area contributed by atoms with Crippen molar-refractivity contribution in [2.24, 2.45) is 5.73 Å². The van der Waals surface area contributed by atoms with Crippen LogP contribution >= 0.6 is 0 Å². The monoisotopic (exact) mass is 262 g/mol. The van der Waals surface area contributed by atoms with Gasteiger partial charge in [-0.3, -0.25) is 0 Å². The van der Waals surface area contributed by atoms with E-state index in [1.165, 1.54) is 7.05 Å². The maximum Gasteiger partial charge on any atom is 0.389 e. The Morgan fingerprint density at radius 1 is 1.25 bits per heavy atom. The van der Waals surface area contributed by atoms with Crippen molar-refractivity contribution < 1.29 is 21.6 Å². The first-order chi connectivity index (χ1) is 7.19. The van der Waals surface area contributed by atoms with E-state index in [-0.39, 0.29) is 6.54 Å². The fourth-order valence-corrected chi connectivity index (χ4v) is 2.29. The standard InChI is InChI=1S/C8H17F3N2O2S/c1-13(6-3-5-12)16(14,15)7-2-4-8(9,10)11/h2-7,12H2,1H3. The van der Waals surface area contributed by atoms with Crippen LogP contribution in [-0.4, -0.2) is 44.8 Å². The number of nitrogens with zero attached hydrogens (tertiary/aromatic N) is 1. The summed E-state index contributed by atoms with van der Waals surface area (Å²) in [4.78, 5) is 0. The van der Waals surface area contributed by atoms with Gasteiger partial charge in [-0.25, -0.2) is 12.7 Å². The van der Waals surface area contributed by atoms with Crippen molar-refractivity contribution in [1.29, 1.82) is 0 Å². The molecule has 98 valence electrons. The molecular weight excluding hydrogens is 245 g/mol. The summed E-state index contributed by atoms with van der Waals surface area (Å²) in [6.07, 6.45) is -5.28. The van der Waals surface area contributed by atoms with Gasteiger partial charge in [-0.2, -0.15) is 13.2 Å². The van der Waals surface area contributed by atoms with Gasteiger partial charge < -0.3 is 5.73 Å². The van der Waals surface area contributed by atoms with Crippen LogP contribution in [0.3, 0.4) is 0 Å². The van der Waals surface area contributed by atoms with E-state index in [9.17, 15) is 21.6 Å². The van der Waals surface area contributed by atoms with Crippen molar-refractivity contribution in [3.05, 3.63) is 0 Å². The van der Waals surface area contributed by atoms with Gasteiger partial charge in [0.15, 0.2) is 0 Å². The lowest BCUT2D eigenvalue weighted by atomic mass is 10.3. The van der Waals surface area contributed by atoms with E-state index in [2.05, 4.69) is 0 Å². The Hall–Kier alpha value is -0.340. The molecule has 16 heavy (non-hydrogen) atoms. The zero-order valence-electron chi connectivity index (χ0n) is 9.13. The van der Waals surface area contributed by atoms with Crippen molar-refractivity contribution in [3.63, 3.8) is 0 Å². The lowest BCUT2D eigenvalue weighted by Crippen LogP contribution is -2.31. The SMILES string of the molecule is CN(CCCN)S(=O)(=O)CCCC(F)(F)F. The summed E-state index contributed by atoms with van der Waals surface area (Å²) in [7, 11) is -2.23. The maximum atomic E-state index is 11.8. The molecule has 2 N–H and O–H groups in total. The number of alkyl halides is 3. The molecule has 0 saturated carbocycles. The highest BCUT2D eigenvalue weighted by Gasteiger charge is 2.28. The second-order valence-electron chi connectivity index (χ2n) is 3.50. The molecule has 0 rings (SSSR count). The third-order valence-electron chi connectivity index (χ3n) is 2.01. The first-order valence-electron chi connectivity index (χ1n) is 4.90. The second kappa shape index (κ2) is 6.41. The zero-order chi connectivity index (χ0) is 12.8. The molecule has 0 aromatic rings. The molecule has 0 bridgehead atoms.